The Morgan fingerprint density at radius 2 is 1.91 bits per heavy atom. The number of imidazole rings is 1. The minimum Gasteiger partial charge on any atom is -0.493 e. The van der Waals surface area contributed by atoms with Gasteiger partial charge in [0.1, 0.15) is 11.9 Å². The molecule has 0 saturated heterocycles. The van der Waals surface area contributed by atoms with Crippen molar-refractivity contribution in [3.63, 3.8) is 0 Å². The van der Waals surface area contributed by atoms with E-state index in [4.69, 9.17) is 9.47 Å². The maximum Gasteiger partial charge on any atom is 0.262 e. The Hall–Kier alpha value is -4.57. The first-order valence-corrected chi connectivity index (χ1v) is 10.3. The first-order valence-electron chi connectivity index (χ1n) is 10.3. The summed E-state index contributed by atoms with van der Waals surface area (Å²) in [5.41, 5.74) is 4.59. The Morgan fingerprint density at radius 1 is 1.12 bits per heavy atom. The molecule has 0 fully saturated rings. The fraction of sp³-hybridized carbons (Fsp3) is 0.115. The van der Waals surface area contributed by atoms with E-state index < -0.39 is 0 Å². The number of hydrogen-bond donors (Lipinski definition) is 2. The maximum absolute atomic E-state index is 12.2. The second-order valence-electron chi connectivity index (χ2n) is 7.39. The maximum atomic E-state index is 12.2. The molecule has 0 unspecified atom stereocenters. The molecule has 7 nitrogen and oxygen atoms in total. The smallest absolute Gasteiger partial charge is 0.262 e. The third kappa shape index (κ3) is 5.20. The topological polar surface area (TPSA) is 100 Å². The van der Waals surface area contributed by atoms with Crippen molar-refractivity contribution in [1.29, 1.82) is 5.26 Å². The number of nitrogens with zero attached hydrogens (tertiary/aromatic N) is 2. The summed E-state index contributed by atoms with van der Waals surface area (Å²) < 4.78 is 11.1. The lowest BCUT2D eigenvalue weighted by molar-refractivity contribution is -0.118. The van der Waals surface area contributed by atoms with Crippen molar-refractivity contribution in [2.75, 3.05) is 19.0 Å². The predicted molar refractivity (Wildman–Crippen MR) is 128 cm³/mol. The van der Waals surface area contributed by atoms with E-state index in [9.17, 15) is 10.1 Å². The molecule has 7 heteroatoms. The number of carbonyl (C=O) groups excluding carboxylic acids is 1. The Balaban J connectivity index is 1.48. The monoisotopic (exact) mass is 438 g/mol. The number of fused-ring (bicyclic) bond motifs is 1. The molecule has 0 aliphatic carbocycles. The number of rotatable bonds is 7. The first kappa shape index (κ1) is 21.7. The summed E-state index contributed by atoms with van der Waals surface area (Å²) in [7, 11) is 1.52. The van der Waals surface area contributed by atoms with Gasteiger partial charge in [-0.05, 0) is 55.0 Å². The van der Waals surface area contributed by atoms with E-state index in [-0.39, 0.29) is 12.5 Å². The molecule has 1 heterocycles. The number of benzene rings is 3. The number of amides is 1. The first-order chi connectivity index (χ1) is 16.1. The number of nitriles is 1. The quantitative estimate of drug-likeness (QED) is 0.397. The highest BCUT2D eigenvalue weighted by atomic mass is 16.5. The largest absolute Gasteiger partial charge is 0.493 e. The van der Waals surface area contributed by atoms with Crippen LogP contribution in [0.4, 0.5) is 5.69 Å². The number of methoxy groups -OCH3 is 1. The molecule has 4 rings (SSSR count). The summed E-state index contributed by atoms with van der Waals surface area (Å²) in [5.74, 6) is 1.09. The van der Waals surface area contributed by atoms with Crippen molar-refractivity contribution in [3.8, 4) is 17.6 Å². The minimum atomic E-state index is -0.276. The van der Waals surface area contributed by atoms with Gasteiger partial charge in [0.05, 0.1) is 23.7 Å². The summed E-state index contributed by atoms with van der Waals surface area (Å²) in [4.78, 5) is 19.9. The number of aryl methyl sites for hydroxylation is 1. The molecule has 0 aliphatic rings. The number of aromatic amines is 1. The Bertz CT molecular complexity index is 1330. The van der Waals surface area contributed by atoms with E-state index >= 15 is 0 Å². The van der Waals surface area contributed by atoms with Crippen molar-refractivity contribution in [2.45, 2.75) is 6.92 Å². The summed E-state index contributed by atoms with van der Waals surface area (Å²) in [6.07, 6.45) is 1.72. The van der Waals surface area contributed by atoms with Crippen LogP contribution in [0.15, 0.2) is 66.7 Å². The fourth-order valence-corrected chi connectivity index (χ4v) is 3.27. The number of nitrogens with one attached hydrogen (secondary N) is 2. The SMILES string of the molecule is COc1cc(C=C(C#N)c2nc3ccccc3[nH]2)ccc1OCC(=O)Nc1ccc(C)cc1. The van der Waals surface area contributed by atoms with Gasteiger partial charge in [0.2, 0.25) is 0 Å². The molecular weight excluding hydrogens is 416 g/mol. The molecule has 0 radical (unpaired) electrons. The van der Waals surface area contributed by atoms with E-state index in [1.54, 1.807) is 24.3 Å². The van der Waals surface area contributed by atoms with Gasteiger partial charge in [-0.1, -0.05) is 35.9 Å². The number of H-pyrrole nitrogens is 1. The van der Waals surface area contributed by atoms with Gasteiger partial charge in [-0.3, -0.25) is 4.79 Å². The standard InChI is InChI=1S/C26H22N4O3/c1-17-7-10-20(11-8-17)28-25(31)16-33-23-12-9-18(14-24(23)32-2)13-19(15-27)26-29-21-5-3-4-6-22(21)30-26/h3-14H,16H2,1-2H3,(H,28,31)(H,29,30). The average molecular weight is 438 g/mol. The molecule has 33 heavy (non-hydrogen) atoms. The number of allylic oxidation sites excluding steroid dienone is 1. The van der Waals surface area contributed by atoms with Crippen LogP contribution in [-0.4, -0.2) is 29.6 Å². The summed E-state index contributed by atoms with van der Waals surface area (Å²) in [6.45, 7) is 1.82. The molecule has 0 bridgehead atoms. The summed E-state index contributed by atoms with van der Waals surface area (Å²) in [5, 5.41) is 12.4. The zero-order valence-corrected chi connectivity index (χ0v) is 18.3. The van der Waals surface area contributed by atoms with Crippen LogP contribution in [0.3, 0.4) is 0 Å². The molecule has 1 aromatic heterocycles. The van der Waals surface area contributed by atoms with Crippen LogP contribution in [-0.2, 0) is 4.79 Å². The molecule has 3 aromatic carbocycles. The third-order valence-electron chi connectivity index (χ3n) is 4.96. The van der Waals surface area contributed by atoms with Gasteiger partial charge in [-0.15, -0.1) is 0 Å². The molecule has 2 N–H and O–H groups in total. The molecule has 0 saturated carbocycles. The predicted octanol–water partition coefficient (Wildman–Crippen LogP) is 4.96. The molecule has 0 aliphatic heterocycles. The molecular formula is C26H22N4O3. The van der Waals surface area contributed by atoms with E-state index in [1.807, 2.05) is 55.5 Å². The van der Waals surface area contributed by atoms with Crippen LogP contribution in [0.2, 0.25) is 0 Å². The van der Waals surface area contributed by atoms with Gasteiger partial charge in [0.15, 0.2) is 18.1 Å². The minimum absolute atomic E-state index is 0.165. The van der Waals surface area contributed by atoms with Crippen molar-refractivity contribution in [3.05, 3.63) is 83.7 Å². The van der Waals surface area contributed by atoms with Crippen molar-refractivity contribution < 1.29 is 14.3 Å². The Labute approximate surface area is 191 Å². The van der Waals surface area contributed by atoms with Crippen LogP contribution in [0.1, 0.15) is 17.0 Å². The van der Waals surface area contributed by atoms with E-state index in [1.165, 1.54) is 7.11 Å². The van der Waals surface area contributed by atoms with Crippen molar-refractivity contribution >= 4 is 34.3 Å². The Kier molecular flexibility index (Phi) is 6.37. The van der Waals surface area contributed by atoms with Crippen LogP contribution in [0.5, 0.6) is 11.5 Å². The highest BCUT2D eigenvalue weighted by Gasteiger charge is 2.11. The second kappa shape index (κ2) is 9.71. The van der Waals surface area contributed by atoms with Gasteiger partial charge < -0.3 is 19.8 Å². The zero-order chi connectivity index (χ0) is 23.2. The van der Waals surface area contributed by atoms with E-state index in [2.05, 4.69) is 21.4 Å². The van der Waals surface area contributed by atoms with E-state index in [0.29, 0.717) is 28.6 Å². The fourth-order valence-electron chi connectivity index (χ4n) is 3.27. The highest BCUT2D eigenvalue weighted by Crippen LogP contribution is 2.30. The average Bonchev–Trinajstić information content (AvgIpc) is 3.27. The van der Waals surface area contributed by atoms with Gasteiger partial charge in [0.25, 0.3) is 5.91 Å². The second-order valence-corrected chi connectivity index (χ2v) is 7.39. The summed E-state index contributed by atoms with van der Waals surface area (Å²) >= 11 is 0. The van der Waals surface area contributed by atoms with Crippen molar-refractivity contribution in [2.24, 2.45) is 0 Å². The number of para-hydroxylation sites is 2. The highest BCUT2D eigenvalue weighted by molar-refractivity contribution is 5.92. The number of aromatic nitrogens is 2. The van der Waals surface area contributed by atoms with Crippen LogP contribution in [0, 0.1) is 18.3 Å². The third-order valence-corrected chi connectivity index (χ3v) is 4.96. The lowest BCUT2D eigenvalue weighted by Gasteiger charge is -2.12. The molecule has 1 amide bonds. The van der Waals surface area contributed by atoms with Gasteiger partial charge in [-0.2, -0.15) is 5.26 Å². The normalized spacial score (nSPS) is 11.1. The Morgan fingerprint density at radius 3 is 2.64 bits per heavy atom. The molecule has 0 atom stereocenters. The van der Waals surface area contributed by atoms with Crippen molar-refractivity contribution in [1.82, 2.24) is 9.97 Å². The van der Waals surface area contributed by atoms with Gasteiger partial charge >= 0.3 is 0 Å². The van der Waals surface area contributed by atoms with Gasteiger partial charge in [-0.25, -0.2) is 4.98 Å². The molecule has 0 spiro atoms. The van der Waals surface area contributed by atoms with Crippen LogP contribution >= 0.6 is 0 Å². The lowest BCUT2D eigenvalue weighted by atomic mass is 10.1. The van der Waals surface area contributed by atoms with Crippen LogP contribution < -0.4 is 14.8 Å². The number of carbonyl (C=O) groups is 1. The number of ether oxygens (including phenoxy) is 2. The zero-order valence-electron chi connectivity index (χ0n) is 18.3. The van der Waals surface area contributed by atoms with Crippen LogP contribution in [0.25, 0.3) is 22.7 Å². The van der Waals surface area contributed by atoms with E-state index in [0.717, 1.165) is 22.2 Å². The summed E-state index contributed by atoms with van der Waals surface area (Å²) in [6, 6.07) is 22.5. The molecule has 4 aromatic rings. The molecule has 164 valence electrons. The number of anilines is 1. The van der Waals surface area contributed by atoms with Gasteiger partial charge in [0, 0.05) is 5.69 Å². The number of hydrogen-bond acceptors (Lipinski definition) is 5. The lowest BCUT2D eigenvalue weighted by Crippen LogP contribution is -2.20.